The first-order valence-electron chi connectivity index (χ1n) is 7.74. The molecular weight excluding hydrogens is 468 g/mol. The molecule has 0 saturated carbocycles. The molecule has 0 amide bonds. The van der Waals surface area contributed by atoms with E-state index < -0.39 is 4.92 Å². The maximum absolute atomic E-state index is 12.4. The molecule has 0 fully saturated rings. The van der Waals surface area contributed by atoms with Crippen molar-refractivity contribution in [3.05, 3.63) is 61.2 Å². The van der Waals surface area contributed by atoms with Gasteiger partial charge in [0.15, 0.2) is 11.5 Å². The van der Waals surface area contributed by atoms with Crippen LogP contribution in [0.2, 0.25) is 0 Å². The van der Waals surface area contributed by atoms with E-state index in [1.165, 1.54) is 12.1 Å². The van der Waals surface area contributed by atoms with Gasteiger partial charge in [0.1, 0.15) is 5.75 Å². The monoisotopic (exact) mass is 480 g/mol. The van der Waals surface area contributed by atoms with Crippen LogP contribution in [0.25, 0.3) is 10.9 Å². The quantitative estimate of drug-likeness (QED) is 0.266. The maximum atomic E-state index is 12.4. The lowest BCUT2D eigenvalue weighted by Crippen LogP contribution is -2.06. The van der Waals surface area contributed by atoms with Crippen LogP contribution in [0.4, 0.5) is 5.69 Å². The number of nitrogens with zero attached hydrogens (tertiary/aromatic N) is 1. The van der Waals surface area contributed by atoms with Gasteiger partial charge < -0.3 is 9.72 Å². The summed E-state index contributed by atoms with van der Waals surface area (Å²) >= 11 is 6.61. The number of Topliss-reactive ketones (excluding diaryl/α,β-unsaturated/α-hetero) is 1. The van der Waals surface area contributed by atoms with E-state index in [0.717, 1.165) is 10.9 Å². The van der Waals surface area contributed by atoms with Crippen molar-refractivity contribution in [2.45, 2.75) is 13.8 Å². The lowest BCUT2D eigenvalue weighted by molar-refractivity contribution is -0.385. The van der Waals surface area contributed by atoms with Gasteiger partial charge in [0, 0.05) is 40.7 Å². The zero-order valence-electron chi connectivity index (χ0n) is 13.9. The SMILES string of the molecule is CC(C)C(=O)c1c[nH]c2ccc(Oc3c(Br)cc([N+](=O)[O-])cc3Br)cc12. The Morgan fingerprint density at radius 3 is 2.42 bits per heavy atom. The smallest absolute Gasteiger partial charge is 0.271 e. The summed E-state index contributed by atoms with van der Waals surface area (Å²) in [5.74, 6) is 0.870. The predicted octanol–water partition coefficient (Wildman–Crippen LogP) is 6.23. The molecule has 0 saturated heterocycles. The Hall–Kier alpha value is -2.19. The van der Waals surface area contributed by atoms with Gasteiger partial charge in [-0.2, -0.15) is 0 Å². The molecule has 26 heavy (non-hydrogen) atoms. The highest BCUT2D eigenvalue weighted by Crippen LogP contribution is 2.40. The number of nitro benzene ring substituents is 1. The molecule has 0 aliphatic carbocycles. The van der Waals surface area contributed by atoms with E-state index in [0.29, 0.717) is 26.0 Å². The van der Waals surface area contributed by atoms with E-state index in [2.05, 4.69) is 36.8 Å². The second kappa shape index (κ2) is 7.20. The van der Waals surface area contributed by atoms with Crippen LogP contribution in [0.5, 0.6) is 11.5 Å². The van der Waals surface area contributed by atoms with Crippen LogP contribution < -0.4 is 4.74 Å². The van der Waals surface area contributed by atoms with Crippen molar-refractivity contribution in [1.82, 2.24) is 4.98 Å². The number of fused-ring (bicyclic) bond motifs is 1. The zero-order valence-corrected chi connectivity index (χ0v) is 17.0. The number of non-ortho nitro benzene ring substituents is 1. The molecule has 3 rings (SSSR count). The number of aromatic nitrogens is 1. The average molecular weight is 482 g/mol. The summed E-state index contributed by atoms with van der Waals surface area (Å²) in [6.45, 7) is 3.71. The fourth-order valence-electron chi connectivity index (χ4n) is 2.55. The van der Waals surface area contributed by atoms with Gasteiger partial charge >= 0.3 is 0 Å². The molecule has 3 aromatic rings. The van der Waals surface area contributed by atoms with Crippen LogP contribution in [-0.4, -0.2) is 15.7 Å². The third-order valence-corrected chi connectivity index (χ3v) is 5.03. The van der Waals surface area contributed by atoms with Gasteiger partial charge in [-0.15, -0.1) is 0 Å². The first-order chi connectivity index (χ1) is 12.3. The minimum absolute atomic E-state index is 0.0473. The van der Waals surface area contributed by atoms with Crippen molar-refractivity contribution in [2.75, 3.05) is 0 Å². The molecule has 0 aliphatic rings. The van der Waals surface area contributed by atoms with Crippen LogP contribution in [0.3, 0.4) is 0 Å². The number of carbonyl (C=O) groups is 1. The molecule has 0 aliphatic heterocycles. The Labute approximate surface area is 166 Å². The number of aromatic amines is 1. The summed E-state index contributed by atoms with van der Waals surface area (Å²) in [5, 5.41) is 11.7. The summed E-state index contributed by atoms with van der Waals surface area (Å²) in [6, 6.07) is 8.13. The number of ether oxygens (including phenoxy) is 1. The summed E-state index contributed by atoms with van der Waals surface area (Å²) in [7, 11) is 0. The molecule has 6 nitrogen and oxygen atoms in total. The van der Waals surface area contributed by atoms with Crippen LogP contribution in [0.1, 0.15) is 24.2 Å². The van der Waals surface area contributed by atoms with E-state index >= 15 is 0 Å². The number of hydrogen-bond acceptors (Lipinski definition) is 4. The van der Waals surface area contributed by atoms with Crippen molar-refractivity contribution >= 4 is 54.2 Å². The number of rotatable bonds is 5. The number of ketones is 1. The van der Waals surface area contributed by atoms with Crippen LogP contribution in [0, 0.1) is 16.0 Å². The van der Waals surface area contributed by atoms with Crippen molar-refractivity contribution < 1.29 is 14.5 Å². The second-order valence-electron chi connectivity index (χ2n) is 6.03. The van der Waals surface area contributed by atoms with Crippen molar-refractivity contribution in [2.24, 2.45) is 5.92 Å². The predicted molar refractivity (Wildman–Crippen MR) is 106 cm³/mol. The van der Waals surface area contributed by atoms with Gasteiger partial charge in [0.05, 0.1) is 13.9 Å². The molecule has 0 atom stereocenters. The number of carbonyl (C=O) groups excluding carboxylic acids is 1. The van der Waals surface area contributed by atoms with E-state index in [9.17, 15) is 14.9 Å². The third-order valence-electron chi connectivity index (χ3n) is 3.86. The first-order valence-corrected chi connectivity index (χ1v) is 9.33. The number of halogens is 2. The Balaban J connectivity index is 2.01. The third kappa shape index (κ3) is 3.52. The topological polar surface area (TPSA) is 85.2 Å². The summed E-state index contributed by atoms with van der Waals surface area (Å²) < 4.78 is 6.81. The number of nitrogens with one attached hydrogen (secondary N) is 1. The molecule has 134 valence electrons. The van der Waals surface area contributed by atoms with Crippen molar-refractivity contribution in [3.8, 4) is 11.5 Å². The summed E-state index contributed by atoms with van der Waals surface area (Å²) in [6.07, 6.45) is 1.70. The van der Waals surface area contributed by atoms with Gasteiger partial charge in [-0.25, -0.2) is 0 Å². The lowest BCUT2D eigenvalue weighted by atomic mass is 10.0. The summed E-state index contributed by atoms with van der Waals surface area (Å²) in [5.41, 5.74) is 1.40. The highest BCUT2D eigenvalue weighted by Gasteiger charge is 2.18. The molecule has 1 heterocycles. The van der Waals surface area contributed by atoms with Gasteiger partial charge in [-0.1, -0.05) is 13.8 Å². The Morgan fingerprint density at radius 1 is 1.19 bits per heavy atom. The number of nitro groups is 1. The molecule has 1 aromatic heterocycles. The second-order valence-corrected chi connectivity index (χ2v) is 7.74. The van der Waals surface area contributed by atoms with E-state index in [4.69, 9.17) is 4.74 Å². The largest absolute Gasteiger partial charge is 0.455 e. The molecular formula is C18H14Br2N2O4. The van der Waals surface area contributed by atoms with E-state index in [1.54, 1.807) is 18.3 Å². The Morgan fingerprint density at radius 2 is 1.85 bits per heavy atom. The fourth-order valence-corrected chi connectivity index (χ4v) is 3.87. The Bertz CT molecular complexity index is 1000. The molecule has 8 heteroatoms. The van der Waals surface area contributed by atoms with Gasteiger partial charge in [0.2, 0.25) is 0 Å². The van der Waals surface area contributed by atoms with E-state index in [1.807, 2.05) is 19.9 Å². The molecule has 0 spiro atoms. The first kappa shape index (κ1) is 18.6. The minimum atomic E-state index is -0.477. The number of benzene rings is 2. The highest BCUT2D eigenvalue weighted by atomic mass is 79.9. The number of hydrogen-bond donors (Lipinski definition) is 1. The molecule has 0 bridgehead atoms. The zero-order chi connectivity index (χ0) is 19.0. The molecule has 0 unspecified atom stereocenters. The molecule has 2 aromatic carbocycles. The van der Waals surface area contributed by atoms with Crippen LogP contribution >= 0.6 is 31.9 Å². The highest BCUT2D eigenvalue weighted by molar-refractivity contribution is 9.11. The van der Waals surface area contributed by atoms with E-state index in [-0.39, 0.29) is 17.4 Å². The van der Waals surface area contributed by atoms with Gasteiger partial charge in [0.25, 0.3) is 5.69 Å². The summed E-state index contributed by atoms with van der Waals surface area (Å²) in [4.78, 5) is 25.9. The maximum Gasteiger partial charge on any atom is 0.271 e. The van der Waals surface area contributed by atoms with Crippen LogP contribution in [0.15, 0.2) is 45.5 Å². The minimum Gasteiger partial charge on any atom is -0.455 e. The van der Waals surface area contributed by atoms with Gasteiger partial charge in [-0.3, -0.25) is 14.9 Å². The molecule has 0 radical (unpaired) electrons. The van der Waals surface area contributed by atoms with Crippen molar-refractivity contribution in [1.29, 1.82) is 0 Å². The number of H-pyrrole nitrogens is 1. The fraction of sp³-hybridized carbons (Fsp3) is 0.167. The van der Waals surface area contributed by atoms with Crippen molar-refractivity contribution in [3.63, 3.8) is 0 Å². The normalized spacial score (nSPS) is 11.1. The van der Waals surface area contributed by atoms with Crippen LogP contribution in [-0.2, 0) is 0 Å². The Kier molecular flexibility index (Phi) is 5.15. The molecule has 1 N–H and O–H groups in total. The standard InChI is InChI=1S/C18H14Br2N2O4/c1-9(2)17(23)13-8-21-16-4-3-11(7-12(13)16)26-18-14(19)5-10(22(24)25)6-15(18)20/h3-9,21H,1-2H3. The average Bonchev–Trinajstić information content (AvgIpc) is 3.00. The lowest BCUT2D eigenvalue weighted by Gasteiger charge is -2.10. The van der Waals surface area contributed by atoms with Gasteiger partial charge in [-0.05, 0) is 50.1 Å².